The van der Waals surface area contributed by atoms with Crippen LogP contribution in [0.2, 0.25) is 0 Å². The van der Waals surface area contributed by atoms with Gasteiger partial charge in [0.2, 0.25) is 0 Å². The minimum absolute atomic E-state index is 0.731. The van der Waals surface area contributed by atoms with Gasteiger partial charge in [-0.25, -0.2) is 4.98 Å². The molecule has 3 aromatic rings. The molecule has 1 fully saturated rings. The highest BCUT2D eigenvalue weighted by molar-refractivity contribution is 5.25. The zero-order valence-corrected chi connectivity index (χ0v) is 19.0. The minimum atomic E-state index is 0.731. The average Bonchev–Trinajstić information content (AvgIpc) is 3.24. The number of hydrogen-bond acceptors (Lipinski definition) is 4. The van der Waals surface area contributed by atoms with Crippen molar-refractivity contribution in [2.75, 3.05) is 19.6 Å². The molecule has 1 aliphatic rings. The van der Waals surface area contributed by atoms with Gasteiger partial charge < -0.3 is 4.57 Å². The number of aryl methyl sites for hydroxylation is 2. The van der Waals surface area contributed by atoms with Crippen LogP contribution >= 0.6 is 0 Å². The molecule has 0 unspecified atom stereocenters. The van der Waals surface area contributed by atoms with E-state index < -0.39 is 0 Å². The normalized spacial score (nSPS) is 15.6. The second-order valence-electron chi connectivity index (χ2n) is 8.81. The zero-order chi connectivity index (χ0) is 21.5. The van der Waals surface area contributed by atoms with Gasteiger partial charge >= 0.3 is 0 Å². The number of nitrogens with zero attached hydrogens (tertiary/aromatic N) is 5. The molecule has 0 bridgehead atoms. The SMILES string of the molecule is CCn1ccnc1CN(Cc1cccnc1)CC1CCN(Cc2ccccc2C)CC1. The third-order valence-corrected chi connectivity index (χ3v) is 6.52. The van der Waals surface area contributed by atoms with Crippen LogP contribution in [0, 0.1) is 12.8 Å². The third kappa shape index (κ3) is 6.02. The fourth-order valence-corrected chi connectivity index (χ4v) is 4.64. The summed E-state index contributed by atoms with van der Waals surface area (Å²) in [5.74, 6) is 1.89. The molecule has 3 heterocycles. The summed E-state index contributed by atoms with van der Waals surface area (Å²) in [6.45, 7) is 11.7. The van der Waals surface area contributed by atoms with Gasteiger partial charge in [-0.05, 0) is 68.5 Å². The molecule has 0 saturated carbocycles. The van der Waals surface area contributed by atoms with E-state index in [1.807, 2.05) is 24.7 Å². The van der Waals surface area contributed by atoms with Gasteiger partial charge in [-0.2, -0.15) is 0 Å². The van der Waals surface area contributed by atoms with Gasteiger partial charge in [0.15, 0.2) is 0 Å². The molecule has 5 heteroatoms. The maximum Gasteiger partial charge on any atom is 0.122 e. The van der Waals surface area contributed by atoms with Crippen molar-refractivity contribution < 1.29 is 0 Å². The first-order chi connectivity index (χ1) is 15.2. The Hall–Kier alpha value is -2.50. The van der Waals surface area contributed by atoms with Gasteiger partial charge in [-0.15, -0.1) is 0 Å². The predicted octanol–water partition coefficient (Wildman–Crippen LogP) is 4.52. The van der Waals surface area contributed by atoms with Gasteiger partial charge in [0, 0.05) is 51.0 Å². The first-order valence-electron chi connectivity index (χ1n) is 11.6. The first-order valence-corrected chi connectivity index (χ1v) is 11.6. The fourth-order valence-electron chi connectivity index (χ4n) is 4.64. The van der Waals surface area contributed by atoms with E-state index in [9.17, 15) is 0 Å². The molecule has 0 spiro atoms. The molecular weight excluding hydrogens is 382 g/mol. The maximum atomic E-state index is 4.63. The molecule has 0 amide bonds. The van der Waals surface area contributed by atoms with Crippen molar-refractivity contribution in [1.29, 1.82) is 0 Å². The third-order valence-electron chi connectivity index (χ3n) is 6.52. The first kappa shape index (κ1) is 21.7. The highest BCUT2D eigenvalue weighted by atomic mass is 15.2. The van der Waals surface area contributed by atoms with Crippen LogP contribution in [0.25, 0.3) is 0 Å². The second-order valence-corrected chi connectivity index (χ2v) is 8.81. The van der Waals surface area contributed by atoms with E-state index >= 15 is 0 Å². The Labute approximate surface area is 186 Å². The molecular formula is C26H35N5. The van der Waals surface area contributed by atoms with Crippen LogP contribution in [0.5, 0.6) is 0 Å². The topological polar surface area (TPSA) is 37.2 Å². The number of rotatable bonds is 9. The van der Waals surface area contributed by atoms with E-state index in [0.29, 0.717) is 0 Å². The number of imidazole rings is 1. The van der Waals surface area contributed by atoms with Crippen LogP contribution in [0.3, 0.4) is 0 Å². The summed E-state index contributed by atoms with van der Waals surface area (Å²) >= 11 is 0. The summed E-state index contributed by atoms with van der Waals surface area (Å²) in [6.07, 6.45) is 10.4. The Bertz CT molecular complexity index is 928. The number of piperidine rings is 1. The maximum absolute atomic E-state index is 4.63. The summed E-state index contributed by atoms with van der Waals surface area (Å²) in [7, 11) is 0. The van der Waals surface area contributed by atoms with Crippen molar-refractivity contribution in [3.63, 3.8) is 0 Å². The molecule has 31 heavy (non-hydrogen) atoms. The van der Waals surface area contributed by atoms with Crippen molar-refractivity contribution in [3.05, 3.63) is 83.7 Å². The van der Waals surface area contributed by atoms with Crippen LogP contribution in [0.1, 0.15) is 42.3 Å². The Morgan fingerprint density at radius 2 is 1.87 bits per heavy atom. The average molecular weight is 418 g/mol. The molecule has 0 aliphatic carbocycles. The highest BCUT2D eigenvalue weighted by Gasteiger charge is 2.23. The Morgan fingerprint density at radius 3 is 2.61 bits per heavy atom. The van der Waals surface area contributed by atoms with Crippen LogP contribution in [0.4, 0.5) is 0 Å². The molecule has 1 saturated heterocycles. The zero-order valence-electron chi connectivity index (χ0n) is 19.0. The molecule has 1 aliphatic heterocycles. The van der Waals surface area contributed by atoms with Gasteiger partial charge in [-0.3, -0.25) is 14.8 Å². The molecule has 164 valence electrons. The van der Waals surface area contributed by atoms with Crippen LogP contribution < -0.4 is 0 Å². The van der Waals surface area contributed by atoms with Gasteiger partial charge in [0.1, 0.15) is 5.82 Å². The van der Waals surface area contributed by atoms with Crippen LogP contribution in [0.15, 0.2) is 61.2 Å². The fraction of sp³-hybridized carbons (Fsp3) is 0.462. The molecule has 5 nitrogen and oxygen atoms in total. The number of pyridine rings is 1. The lowest BCUT2D eigenvalue weighted by atomic mass is 9.95. The summed E-state index contributed by atoms with van der Waals surface area (Å²) in [4.78, 5) is 14.1. The predicted molar refractivity (Wildman–Crippen MR) is 125 cm³/mol. The molecule has 0 N–H and O–H groups in total. The van der Waals surface area contributed by atoms with Gasteiger partial charge in [0.05, 0.1) is 6.54 Å². The molecule has 0 radical (unpaired) electrons. The number of benzene rings is 1. The molecule has 0 atom stereocenters. The molecule has 1 aromatic carbocycles. The minimum Gasteiger partial charge on any atom is -0.334 e. The lowest BCUT2D eigenvalue weighted by Gasteiger charge is -2.35. The van der Waals surface area contributed by atoms with Crippen molar-refractivity contribution in [3.8, 4) is 0 Å². The monoisotopic (exact) mass is 417 g/mol. The van der Waals surface area contributed by atoms with E-state index in [0.717, 1.165) is 44.5 Å². The second kappa shape index (κ2) is 10.7. The number of hydrogen-bond donors (Lipinski definition) is 0. The number of likely N-dealkylation sites (tertiary alicyclic amines) is 1. The van der Waals surface area contributed by atoms with Crippen molar-refractivity contribution in [2.24, 2.45) is 5.92 Å². The molecule has 2 aromatic heterocycles. The van der Waals surface area contributed by atoms with Crippen LogP contribution in [-0.4, -0.2) is 44.0 Å². The van der Waals surface area contributed by atoms with E-state index in [-0.39, 0.29) is 0 Å². The highest BCUT2D eigenvalue weighted by Crippen LogP contribution is 2.22. The van der Waals surface area contributed by atoms with Crippen molar-refractivity contribution in [1.82, 2.24) is 24.3 Å². The Balaban J connectivity index is 1.36. The Morgan fingerprint density at radius 1 is 1.03 bits per heavy atom. The van der Waals surface area contributed by atoms with Crippen molar-refractivity contribution in [2.45, 2.75) is 52.9 Å². The van der Waals surface area contributed by atoms with Crippen LogP contribution in [-0.2, 0) is 26.2 Å². The lowest BCUT2D eigenvalue weighted by Crippen LogP contribution is -2.38. The van der Waals surface area contributed by atoms with Gasteiger partial charge in [-0.1, -0.05) is 30.3 Å². The van der Waals surface area contributed by atoms with Gasteiger partial charge in [0.25, 0.3) is 0 Å². The Kier molecular flexibility index (Phi) is 7.49. The summed E-state index contributed by atoms with van der Waals surface area (Å²) in [5, 5.41) is 0. The summed E-state index contributed by atoms with van der Waals surface area (Å²) < 4.78 is 2.25. The molecule has 4 rings (SSSR count). The van der Waals surface area contributed by atoms with E-state index in [2.05, 4.69) is 74.7 Å². The van der Waals surface area contributed by atoms with E-state index in [1.165, 1.54) is 42.6 Å². The standard InChI is InChI=1S/C26H35N5/c1-3-31-16-13-28-26(31)21-30(19-24-8-6-12-27-17-24)18-23-10-14-29(15-11-23)20-25-9-5-4-7-22(25)2/h4-9,12-13,16-17,23H,3,10-11,14-15,18-21H2,1-2H3. The smallest absolute Gasteiger partial charge is 0.122 e. The van der Waals surface area contributed by atoms with E-state index in [4.69, 9.17) is 0 Å². The summed E-state index contributed by atoms with van der Waals surface area (Å²) in [6, 6.07) is 13.0. The lowest BCUT2D eigenvalue weighted by molar-refractivity contribution is 0.129. The quantitative estimate of drug-likeness (QED) is 0.513. The number of aromatic nitrogens is 3. The largest absolute Gasteiger partial charge is 0.334 e. The van der Waals surface area contributed by atoms with Crippen molar-refractivity contribution >= 4 is 0 Å². The van der Waals surface area contributed by atoms with E-state index in [1.54, 1.807) is 0 Å². The summed E-state index contributed by atoms with van der Waals surface area (Å²) in [5.41, 5.74) is 4.14.